The second-order valence-electron chi connectivity index (χ2n) is 6.64. The number of nitrogens with zero attached hydrogens (tertiary/aromatic N) is 1. The maximum absolute atomic E-state index is 12.1. The molecule has 1 heterocycles. The topological polar surface area (TPSA) is 96.0 Å². The fourth-order valence-electron chi connectivity index (χ4n) is 2.92. The first-order valence-electron chi connectivity index (χ1n) is 9.75. The number of thiazole rings is 1. The summed E-state index contributed by atoms with van der Waals surface area (Å²) >= 11 is 1.45. The lowest BCUT2D eigenvalue weighted by atomic mass is 10.1. The molecule has 3 rings (SSSR count). The van der Waals surface area contributed by atoms with Crippen molar-refractivity contribution in [3.8, 4) is 27.8 Å². The van der Waals surface area contributed by atoms with Crippen LogP contribution in [-0.4, -0.2) is 44.8 Å². The number of hydrogen-bond donors (Lipinski definition) is 1. The van der Waals surface area contributed by atoms with Gasteiger partial charge in [0, 0.05) is 29.1 Å². The average molecular weight is 457 g/mol. The van der Waals surface area contributed by atoms with Crippen LogP contribution in [0.15, 0.2) is 47.8 Å². The monoisotopic (exact) mass is 456 g/mol. The van der Waals surface area contributed by atoms with Crippen molar-refractivity contribution < 1.29 is 28.5 Å². The Morgan fingerprint density at radius 3 is 2.34 bits per heavy atom. The van der Waals surface area contributed by atoms with Crippen LogP contribution < -0.4 is 19.5 Å². The summed E-state index contributed by atoms with van der Waals surface area (Å²) in [6.07, 6.45) is 0.000114. The third kappa shape index (κ3) is 5.98. The van der Waals surface area contributed by atoms with Crippen LogP contribution in [0.25, 0.3) is 10.6 Å². The van der Waals surface area contributed by atoms with Crippen molar-refractivity contribution in [3.63, 3.8) is 0 Å². The van der Waals surface area contributed by atoms with Crippen LogP contribution in [0.5, 0.6) is 17.2 Å². The molecule has 0 aliphatic heterocycles. The number of carbonyl (C=O) groups is 2. The molecule has 0 spiro atoms. The molecule has 32 heavy (non-hydrogen) atoms. The maximum atomic E-state index is 12.1. The average Bonchev–Trinajstić information content (AvgIpc) is 3.29. The molecule has 0 fully saturated rings. The molecular formula is C23H24N2O6S. The standard InChI is InChI=1S/C23H24N2O6S/c1-28-18-11-20(30-3)19(29-2)9-16(18)12-24-21(26)13-31-22(27)10-17-14-32-23(25-17)15-7-5-4-6-8-15/h4-9,11,14H,10,12-13H2,1-3H3,(H,24,26). The molecule has 168 valence electrons. The van der Waals surface area contributed by atoms with E-state index in [2.05, 4.69) is 10.3 Å². The number of ether oxygens (including phenoxy) is 4. The Labute approximate surface area is 190 Å². The molecule has 1 N–H and O–H groups in total. The molecule has 0 unspecified atom stereocenters. The van der Waals surface area contributed by atoms with Crippen molar-refractivity contribution in [2.45, 2.75) is 13.0 Å². The van der Waals surface area contributed by atoms with E-state index >= 15 is 0 Å². The minimum atomic E-state index is -0.520. The van der Waals surface area contributed by atoms with Crippen molar-refractivity contribution in [2.75, 3.05) is 27.9 Å². The van der Waals surface area contributed by atoms with E-state index in [1.54, 1.807) is 12.1 Å². The van der Waals surface area contributed by atoms with Gasteiger partial charge in [0.05, 0.1) is 33.4 Å². The number of carbonyl (C=O) groups excluding carboxylic acids is 2. The smallest absolute Gasteiger partial charge is 0.312 e. The van der Waals surface area contributed by atoms with Crippen molar-refractivity contribution in [2.24, 2.45) is 0 Å². The molecule has 9 heteroatoms. The molecule has 1 aromatic heterocycles. The highest BCUT2D eigenvalue weighted by molar-refractivity contribution is 7.13. The first kappa shape index (κ1) is 23.1. The van der Waals surface area contributed by atoms with Gasteiger partial charge in [0.2, 0.25) is 0 Å². The highest BCUT2D eigenvalue weighted by atomic mass is 32.1. The van der Waals surface area contributed by atoms with Gasteiger partial charge in [-0.05, 0) is 6.07 Å². The quantitative estimate of drug-likeness (QED) is 0.468. The first-order valence-corrected chi connectivity index (χ1v) is 10.6. The van der Waals surface area contributed by atoms with Crippen LogP contribution in [0.4, 0.5) is 0 Å². The number of aromatic nitrogens is 1. The van der Waals surface area contributed by atoms with E-state index in [0.717, 1.165) is 10.6 Å². The number of rotatable bonds is 10. The molecule has 0 atom stereocenters. The summed E-state index contributed by atoms with van der Waals surface area (Å²) in [7, 11) is 4.58. The third-order valence-electron chi connectivity index (χ3n) is 4.52. The summed E-state index contributed by atoms with van der Waals surface area (Å²) in [6.45, 7) is -0.212. The molecular weight excluding hydrogens is 432 g/mol. The number of nitrogens with one attached hydrogen (secondary N) is 1. The van der Waals surface area contributed by atoms with Gasteiger partial charge in [-0.1, -0.05) is 30.3 Å². The van der Waals surface area contributed by atoms with Gasteiger partial charge in [0.1, 0.15) is 10.8 Å². The van der Waals surface area contributed by atoms with Gasteiger partial charge in [-0.2, -0.15) is 0 Å². The van der Waals surface area contributed by atoms with Crippen LogP contribution in [0.2, 0.25) is 0 Å². The summed E-state index contributed by atoms with van der Waals surface area (Å²) in [5.41, 5.74) is 2.29. The Balaban J connectivity index is 1.49. The molecule has 1 amide bonds. The zero-order valence-corrected chi connectivity index (χ0v) is 18.9. The molecule has 3 aromatic rings. The summed E-state index contributed by atoms with van der Waals surface area (Å²) in [5, 5.41) is 5.34. The predicted molar refractivity (Wildman–Crippen MR) is 120 cm³/mol. The number of benzene rings is 2. The SMILES string of the molecule is COc1cc(OC)c(OC)cc1CNC(=O)COC(=O)Cc1csc(-c2ccccc2)n1. The van der Waals surface area contributed by atoms with E-state index < -0.39 is 11.9 Å². The van der Waals surface area contributed by atoms with Crippen LogP contribution >= 0.6 is 11.3 Å². The van der Waals surface area contributed by atoms with Gasteiger partial charge in [-0.15, -0.1) is 11.3 Å². The van der Waals surface area contributed by atoms with Gasteiger partial charge in [0.25, 0.3) is 5.91 Å². The lowest BCUT2D eigenvalue weighted by molar-refractivity contribution is -0.147. The molecule has 8 nitrogen and oxygen atoms in total. The Kier molecular flexibility index (Phi) is 8.04. The predicted octanol–water partition coefficient (Wildman–Crippen LogP) is 3.24. The fourth-order valence-corrected chi connectivity index (χ4v) is 3.75. The third-order valence-corrected chi connectivity index (χ3v) is 5.46. The van der Waals surface area contributed by atoms with Crippen LogP contribution in [0, 0.1) is 0 Å². The van der Waals surface area contributed by atoms with E-state index in [0.29, 0.717) is 28.5 Å². The zero-order chi connectivity index (χ0) is 22.9. The first-order chi connectivity index (χ1) is 15.5. The molecule has 0 saturated carbocycles. The van der Waals surface area contributed by atoms with Crippen molar-refractivity contribution in [1.82, 2.24) is 10.3 Å². The second kappa shape index (κ2) is 11.1. The van der Waals surface area contributed by atoms with Gasteiger partial charge < -0.3 is 24.3 Å². The Hall–Kier alpha value is -3.59. The number of esters is 1. The van der Waals surface area contributed by atoms with Crippen LogP contribution in [0.3, 0.4) is 0 Å². The minimum Gasteiger partial charge on any atom is -0.496 e. The molecule has 0 aliphatic rings. The van der Waals surface area contributed by atoms with E-state index in [1.807, 2.05) is 35.7 Å². The lowest BCUT2D eigenvalue weighted by Crippen LogP contribution is -2.28. The van der Waals surface area contributed by atoms with Crippen molar-refractivity contribution in [1.29, 1.82) is 0 Å². The number of hydrogen-bond acceptors (Lipinski definition) is 8. The van der Waals surface area contributed by atoms with Crippen molar-refractivity contribution in [3.05, 3.63) is 59.1 Å². The zero-order valence-electron chi connectivity index (χ0n) is 18.0. The Bertz CT molecular complexity index is 1070. The molecule has 0 bridgehead atoms. The van der Waals surface area contributed by atoms with E-state index in [-0.39, 0.29) is 19.6 Å². The number of amides is 1. The highest BCUT2D eigenvalue weighted by Gasteiger charge is 2.15. The van der Waals surface area contributed by atoms with E-state index in [9.17, 15) is 9.59 Å². The summed E-state index contributed by atoms with van der Waals surface area (Å²) in [5.74, 6) is 0.623. The molecule has 0 saturated heterocycles. The second-order valence-corrected chi connectivity index (χ2v) is 7.50. The van der Waals surface area contributed by atoms with Gasteiger partial charge >= 0.3 is 5.97 Å². The molecule has 0 radical (unpaired) electrons. The van der Waals surface area contributed by atoms with Crippen molar-refractivity contribution >= 4 is 23.2 Å². The fraction of sp³-hybridized carbons (Fsp3) is 0.261. The summed E-state index contributed by atoms with van der Waals surface area (Å²) in [6, 6.07) is 13.1. The normalized spacial score (nSPS) is 10.3. The Morgan fingerprint density at radius 1 is 0.969 bits per heavy atom. The largest absolute Gasteiger partial charge is 0.496 e. The molecule has 0 aliphatic carbocycles. The van der Waals surface area contributed by atoms with Gasteiger partial charge in [-0.3, -0.25) is 9.59 Å². The molecule has 2 aromatic carbocycles. The van der Waals surface area contributed by atoms with E-state index in [1.165, 1.54) is 32.7 Å². The van der Waals surface area contributed by atoms with Gasteiger partial charge in [-0.25, -0.2) is 4.98 Å². The Morgan fingerprint density at radius 2 is 1.66 bits per heavy atom. The van der Waals surface area contributed by atoms with E-state index in [4.69, 9.17) is 18.9 Å². The summed E-state index contributed by atoms with van der Waals surface area (Å²) < 4.78 is 21.0. The number of methoxy groups -OCH3 is 3. The van der Waals surface area contributed by atoms with Gasteiger partial charge in [0.15, 0.2) is 18.1 Å². The van der Waals surface area contributed by atoms with Crippen LogP contribution in [0.1, 0.15) is 11.3 Å². The highest BCUT2D eigenvalue weighted by Crippen LogP contribution is 2.34. The maximum Gasteiger partial charge on any atom is 0.312 e. The minimum absolute atomic E-state index is 0.000114. The summed E-state index contributed by atoms with van der Waals surface area (Å²) in [4.78, 5) is 28.7. The van der Waals surface area contributed by atoms with Crippen LogP contribution in [-0.2, 0) is 27.3 Å². The lowest BCUT2D eigenvalue weighted by Gasteiger charge is -2.14.